The Morgan fingerprint density at radius 2 is 0.483 bits per heavy atom. The molecule has 1 aliphatic carbocycles. The molecule has 0 bridgehead atoms. The van der Waals surface area contributed by atoms with E-state index in [1.165, 1.54) is 430 Å². The molecular weight excluding hydrogens is 1490 g/mol. The second-order valence-corrected chi connectivity index (χ2v) is 37.4. The lowest BCUT2D eigenvalue weighted by molar-refractivity contribution is -0.138. The summed E-state index contributed by atoms with van der Waals surface area (Å²) in [6.45, 7) is 17.2. The molecule has 1 aromatic rings. The van der Waals surface area contributed by atoms with Crippen LogP contribution >= 0.6 is 0 Å². The highest BCUT2D eigenvalue weighted by atomic mass is 16.5. The lowest BCUT2D eigenvalue weighted by Crippen LogP contribution is -2.35. The normalized spacial score (nSPS) is 15.0. The number of carboxylic acid groups (broad SMARTS) is 3. The van der Waals surface area contributed by atoms with E-state index in [1.807, 2.05) is 0 Å². The van der Waals surface area contributed by atoms with Crippen LogP contribution in [0.3, 0.4) is 0 Å². The Morgan fingerprint density at radius 1 is 0.275 bits per heavy atom. The fourth-order valence-electron chi connectivity index (χ4n) is 19.8. The van der Waals surface area contributed by atoms with Crippen molar-refractivity contribution in [1.29, 1.82) is 0 Å². The van der Waals surface area contributed by atoms with E-state index in [2.05, 4.69) is 53.7 Å². The first-order valence-electron chi connectivity index (χ1n) is 52.9. The van der Waals surface area contributed by atoms with Gasteiger partial charge in [-0.1, -0.05) is 439 Å². The number of carbonyl (C=O) groups is 6. The average molecular weight is 1690 g/mol. The third-order valence-corrected chi connectivity index (χ3v) is 27.0. The molecule has 0 spiro atoms. The van der Waals surface area contributed by atoms with Crippen LogP contribution in [-0.4, -0.2) is 72.5 Å². The van der Waals surface area contributed by atoms with E-state index in [9.17, 15) is 28.8 Å². The predicted molar refractivity (Wildman–Crippen MR) is 511 cm³/mol. The molecule has 704 valence electrons. The molecule has 0 aromatic heterocycles. The van der Waals surface area contributed by atoms with Gasteiger partial charge in [0.05, 0.1) is 19.8 Å². The van der Waals surface area contributed by atoms with Gasteiger partial charge in [-0.2, -0.15) is 0 Å². The summed E-state index contributed by atoms with van der Waals surface area (Å²) in [5.74, 6) is 3.45. The number of ether oxygens (including phenoxy) is 3. The first-order chi connectivity index (χ1) is 58.9. The van der Waals surface area contributed by atoms with Crippen LogP contribution < -0.4 is 0 Å². The highest BCUT2D eigenvalue weighted by Crippen LogP contribution is 2.48. The van der Waals surface area contributed by atoms with Crippen molar-refractivity contribution < 1.29 is 58.3 Å². The average Bonchev–Trinajstić information content (AvgIpc) is 0.822. The zero-order chi connectivity index (χ0) is 87.6. The molecule has 6 atom stereocenters. The van der Waals surface area contributed by atoms with E-state index < -0.39 is 17.9 Å². The third kappa shape index (κ3) is 74.3. The number of hydrogen-bond donors (Lipinski definition) is 3. The van der Waals surface area contributed by atoms with Gasteiger partial charge in [0.2, 0.25) is 0 Å². The fourth-order valence-corrected chi connectivity index (χ4v) is 19.8. The van der Waals surface area contributed by atoms with Gasteiger partial charge < -0.3 is 29.5 Å². The van der Waals surface area contributed by atoms with Crippen molar-refractivity contribution in [2.24, 2.45) is 35.5 Å². The SMILES string of the molecule is CCCCCCCCC1C(CCCCCC)CCC(CCCCCCCOC=O)C1CCCCCCCC(=O)O.CCCCCCCCCC(CCCCCCCOC=O)C(CCCCCCCCC)CCCCCCCC(=O)O.CCCCCCCCc1c(CCCCCC)ccc(CCCCCCCOC=O)c1CCCCCCCC(=O)O. The van der Waals surface area contributed by atoms with Crippen LogP contribution in [-0.2, 0) is 68.7 Å². The van der Waals surface area contributed by atoms with Crippen LogP contribution in [0.25, 0.3) is 0 Å². The van der Waals surface area contributed by atoms with Crippen molar-refractivity contribution in [3.8, 4) is 0 Å². The first-order valence-corrected chi connectivity index (χ1v) is 52.9. The molecule has 0 aliphatic heterocycles. The van der Waals surface area contributed by atoms with E-state index in [4.69, 9.17) is 29.5 Å². The number of carboxylic acids is 3. The Morgan fingerprint density at radius 3 is 0.750 bits per heavy atom. The fraction of sp³-hybridized carbons (Fsp3) is 0.889. The summed E-state index contributed by atoms with van der Waals surface area (Å²) in [5.41, 5.74) is 6.53. The van der Waals surface area contributed by atoms with Crippen LogP contribution in [0.4, 0.5) is 0 Å². The van der Waals surface area contributed by atoms with Crippen molar-refractivity contribution in [1.82, 2.24) is 0 Å². The highest BCUT2D eigenvalue weighted by Gasteiger charge is 2.38. The van der Waals surface area contributed by atoms with E-state index in [0.29, 0.717) is 58.5 Å². The van der Waals surface area contributed by atoms with E-state index in [0.717, 1.165) is 106 Å². The second-order valence-electron chi connectivity index (χ2n) is 37.4. The van der Waals surface area contributed by atoms with Crippen LogP contribution in [0.2, 0.25) is 0 Å². The molecule has 2 rings (SSSR count). The van der Waals surface area contributed by atoms with Crippen molar-refractivity contribution in [2.75, 3.05) is 19.8 Å². The van der Waals surface area contributed by atoms with Crippen LogP contribution in [0.5, 0.6) is 0 Å². The summed E-state index contributed by atoms with van der Waals surface area (Å²) < 4.78 is 14.5. The molecule has 3 N–H and O–H groups in total. The summed E-state index contributed by atoms with van der Waals surface area (Å²) in [5, 5.41) is 26.7. The van der Waals surface area contributed by atoms with Crippen LogP contribution in [0.1, 0.15) is 558 Å². The summed E-state index contributed by atoms with van der Waals surface area (Å²) in [6, 6.07) is 4.93. The predicted octanol–water partition coefficient (Wildman–Crippen LogP) is 33.5. The van der Waals surface area contributed by atoms with E-state index in [1.54, 1.807) is 22.3 Å². The zero-order valence-electron chi connectivity index (χ0n) is 80.3. The Balaban J connectivity index is 0.00000177. The Kier molecular flexibility index (Phi) is 89.6. The maximum absolute atomic E-state index is 10.8. The molecule has 0 heterocycles. The molecule has 12 heteroatoms. The van der Waals surface area contributed by atoms with Gasteiger partial charge in [-0.15, -0.1) is 0 Å². The molecule has 1 aliphatic rings. The Bertz CT molecular complexity index is 2330. The van der Waals surface area contributed by atoms with Gasteiger partial charge in [0, 0.05) is 19.3 Å². The van der Waals surface area contributed by atoms with Crippen LogP contribution in [0.15, 0.2) is 12.1 Å². The Labute approximate surface area is 742 Å². The monoisotopic (exact) mass is 1690 g/mol. The summed E-state index contributed by atoms with van der Waals surface area (Å²) in [7, 11) is 0. The van der Waals surface area contributed by atoms with Gasteiger partial charge >= 0.3 is 17.9 Å². The minimum atomic E-state index is -0.672. The molecule has 120 heavy (non-hydrogen) atoms. The third-order valence-electron chi connectivity index (χ3n) is 27.0. The maximum atomic E-state index is 10.8. The van der Waals surface area contributed by atoms with Gasteiger partial charge in [0.1, 0.15) is 0 Å². The first kappa shape index (κ1) is 116. The van der Waals surface area contributed by atoms with Gasteiger partial charge in [0.25, 0.3) is 19.4 Å². The van der Waals surface area contributed by atoms with Gasteiger partial charge in [-0.3, -0.25) is 28.8 Å². The summed E-state index contributed by atoms with van der Waals surface area (Å²) >= 11 is 0. The minimum absolute atomic E-state index is 0.302. The number of benzene rings is 1. The molecule has 0 radical (unpaired) electrons. The van der Waals surface area contributed by atoms with Crippen LogP contribution in [0, 0.1) is 35.5 Å². The molecule has 1 fully saturated rings. The minimum Gasteiger partial charge on any atom is -0.481 e. The molecule has 6 unspecified atom stereocenters. The summed E-state index contributed by atoms with van der Waals surface area (Å²) in [4.78, 5) is 63.4. The van der Waals surface area contributed by atoms with E-state index in [-0.39, 0.29) is 0 Å². The maximum Gasteiger partial charge on any atom is 0.303 e. The number of hydrogen-bond acceptors (Lipinski definition) is 9. The van der Waals surface area contributed by atoms with Gasteiger partial charge in [0.15, 0.2) is 0 Å². The highest BCUT2D eigenvalue weighted by molar-refractivity contribution is 5.67. The molecule has 12 nitrogen and oxygen atoms in total. The van der Waals surface area contributed by atoms with Gasteiger partial charge in [-0.25, -0.2) is 0 Å². The van der Waals surface area contributed by atoms with Crippen molar-refractivity contribution >= 4 is 37.3 Å². The van der Waals surface area contributed by atoms with E-state index >= 15 is 0 Å². The summed E-state index contributed by atoms with van der Waals surface area (Å²) in [6.07, 6.45) is 101. The smallest absolute Gasteiger partial charge is 0.303 e. The zero-order valence-corrected chi connectivity index (χ0v) is 80.3. The topological polar surface area (TPSA) is 191 Å². The molecule has 1 aromatic carbocycles. The number of aliphatic carboxylic acids is 3. The number of unbranched alkanes of at least 4 members (excludes halogenated alkanes) is 52. The number of carbonyl (C=O) groups excluding carboxylic acids is 3. The molecule has 0 saturated heterocycles. The van der Waals surface area contributed by atoms with Crippen molar-refractivity contribution in [2.45, 2.75) is 562 Å². The molecule has 1 saturated carbocycles. The van der Waals surface area contributed by atoms with Gasteiger partial charge in [-0.05, 0) is 173 Å². The lowest BCUT2D eigenvalue weighted by atomic mass is 9.61. The second kappa shape index (κ2) is 92.7. The Hall–Kier alpha value is -3.96. The number of rotatable bonds is 92. The van der Waals surface area contributed by atoms with Crippen molar-refractivity contribution in [3.05, 3.63) is 34.4 Å². The lowest BCUT2D eigenvalue weighted by Gasteiger charge is -2.44. The quantitative estimate of drug-likeness (QED) is 0.0318. The standard InChI is InChI=1S/C36H68O4.C36H62O4.C36H70O4/c2*1-3-5-7-9-13-19-25-34-32(23-17-8-6-4-2)28-29-33(24-18-12-11-16-22-30-40-31-37)35(34)26-20-14-10-15-21-27-36(38)39;1-3-5-7-9-11-15-21-27-34(29-23-17-13-19-25-31-36(38)39)35(28-22-16-12-10-8-6-4-2)30-24-18-14-20-26-32-40-33-37/h31-35H,3-30H2,1-2H3,(H,38,39);28-29,31H,3-27,30H2,1-2H3,(H,38,39);33-35H,3-32H2,1-2H3,(H,38,39). The molecule has 0 amide bonds. The number of aryl methyl sites for hydroxylation is 2. The van der Waals surface area contributed by atoms with Crippen molar-refractivity contribution in [3.63, 3.8) is 0 Å². The molecular formula is C108H200O12. The largest absolute Gasteiger partial charge is 0.481 e.